The highest BCUT2D eigenvalue weighted by atomic mass is 15.3. The van der Waals surface area contributed by atoms with E-state index in [2.05, 4.69) is 27.1 Å². The first-order chi connectivity index (χ1) is 9.26. The number of aromatic nitrogens is 2. The predicted molar refractivity (Wildman–Crippen MR) is 78.3 cm³/mol. The maximum absolute atomic E-state index is 5.85. The normalized spacial score (nSPS) is 18.4. The minimum atomic E-state index is 0.373. The number of rotatable bonds is 7. The molecule has 0 saturated heterocycles. The molecule has 1 aromatic rings. The maximum Gasteiger partial charge on any atom is 0.223 e. The highest BCUT2D eigenvalue weighted by Gasteiger charge is 2.34. The summed E-state index contributed by atoms with van der Waals surface area (Å²) < 4.78 is 0. The van der Waals surface area contributed by atoms with Crippen molar-refractivity contribution in [1.82, 2.24) is 9.97 Å². The van der Waals surface area contributed by atoms with E-state index in [9.17, 15) is 0 Å². The largest absolute Gasteiger partial charge is 0.370 e. The van der Waals surface area contributed by atoms with Gasteiger partial charge in [-0.05, 0) is 38.0 Å². The fourth-order valence-corrected chi connectivity index (χ4v) is 2.34. The highest BCUT2D eigenvalue weighted by Crippen LogP contribution is 2.37. The second-order valence-corrected chi connectivity index (χ2v) is 5.72. The summed E-state index contributed by atoms with van der Waals surface area (Å²) in [6, 6.07) is 2.72. The van der Waals surface area contributed by atoms with Crippen LogP contribution in [0.25, 0.3) is 0 Å². The van der Waals surface area contributed by atoms with Gasteiger partial charge in [0.15, 0.2) is 0 Å². The summed E-state index contributed by atoms with van der Waals surface area (Å²) in [5.41, 5.74) is 5.85. The van der Waals surface area contributed by atoms with Crippen molar-refractivity contribution in [1.29, 1.82) is 0 Å². The smallest absolute Gasteiger partial charge is 0.223 e. The first-order valence-electron chi connectivity index (χ1n) is 7.41. The van der Waals surface area contributed by atoms with Crippen LogP contribution in [0.2, 0.25) is 0 Å². The molecule has 19 heavy (non-hydrogen) atoms. The van der Waals surface area contributed by atoms with Crippen molar-refractivity contribution in [3.05, 3.63) is 6.07 Å². The molecule has 3 rings (SSSR count). The lowest BCUT2D eigenvalue weighted by molar-refractivity contribution is 0.708. The monoisotopic (exact) mass is 261 g/mol. The summed E-state index contributed by atoms with van der Waals surface area (Å²) in [5, 5.41) is 3.30. The standard InChI is InChI=1S/C14H23N5/c1-2-7-16-12-8-13(18-14(15)17-12)19(11-5-6-11)9-10-3-4-10/h8,10-11H,2-7,9H2,1H3,(H3,15,16,17,18). The lowest BCUT2D eigenvalue weighted by Crippen LogP contribution is -2.29. The molecule has 0 unspecified atom stereocenters. The first kappa shape index (κ1) is 12.5. The molecule has 0 atom stereocenters. The van der Waals surface area contributed by atoms with Crippen molar-refractivity contribution < 1.29 is 0 Å². The predicted octanol–water partition coefficient (Wildman–Crippen LogP) is 2.26. The zero-order valence-corrected chi connectivity index (χ0v) is 11.6. The van der Waals surface area contributed by atoms with Crippen LogP contribution in [-0.2, 0) is 0 Å². The zero-order chi connectivity index (χ0) is 13.2. The van der Waals surface area contributed by atoms with Gasteiger partial charge in [0.05, 0.1) is 0 Å². The second kappa shape index (κ2) is 5.23. The fraction of sp³-hybridized carbons (Fsp3) is 0.714. The summed E-state index contributed by atoms with van der Waals surface area (Å²) in [5.74, 6) is 3.09. The Labute approximate surface area is 114 Å². The van der Waals surface area contributed by atoms with Gasteiger partial charge in [-0.2, -0.15) is 9.97 Å². The number of hydrogen-bond donors (Lipinski definition) is 2. The molecule has 2 aliphatic rings. The van der Waals surface area contributed by atoms with Gasteiger partial charge in [-0.25, -0.2) is 0 Å². The van der Waals surface area contributed by atoms with Gasteiger partial charge in [-0.1, -0.05) is 6.92 Å². The number of nitrogens with two attached hydrogens (primary N) is 1. The minimum absolute atomic E-state index is 0.373. The maximum atomic E-state index is 5.85. The van der Waals surface area contributed by atoms with E-state index in [1.54, 1.807) is 0 Å². The van der Waals surface area contributed by atoms with Crippen LogP contribution in [0.3, 0.4) is 0 Å². The summed E-state index contributed by atoms with van der Waals surface area (Å²) in [7, 11) is 0. The molecule has 1 heterocycles. The van der Waals surface area contributed by atoms with Gasteiger partial charge in [-0.15, -0.1) is 0 Å². The van der Waals surface area contributed by atoms with Crippen LogP contribution in [0, 0.1) is 5.92 Å². The Morgan fingerprint density at radius 1 is 1.32 bits per heavy atom. The number of nitrogens with one attached hydrogen (secondary N) is 1. The molecule has 2 saturated carbocycles. The van der Waals surface area contributed by atoms with Gasteiger partial charge in [0.2, 0.25) is 5.95 Å². The van der Waals surface area contributed by atoms with E-state index >= 15 is 0 Å². The van der Waals surface area contributed by atoms with Crippen LogP contribution in [0.1, 0.15) is 39.0 Å². The third-order valence-corrected chi connectivity index (χ3v) is 3.72. The van der Waals surface area contributed by atoms with Crippen molar-refractivity contribution in [2.24, 2.45) is 5.92 Å². The van der Waals surface area contributed by atoms with Crippen molar-refractivity contribution in [2.45, 2.75) is 45.1 Å². The Morgan fingerprint density at radius 3 is 2.74 bits per heavy atom. The van der Waals surface area contributed by atoms with E-state index in [0.717, 1.165) is 37.1 Å². The van der Waals surface area contributed by atoms with Crippen molar-refractivity contribution in [3.8, 4) is 0 Å². The van der Waals surface area contributed by atoms with Crippen LogP contribution in [0.4, 0.5) is 17.6 Å². The van der Waals surface area contributed by atoms with Crippen molar-refractivity contribution in [3.63, 3.8) is 0 Å². The van der Waals surface area contributed by atoms with E-state index in [0.29, 0.717) is 12.0 Å². The van der Waals surface area contributed by atoms with Gasteiger partial charge in [0.1, 0.15) is 11.6 Å². The Kier molecular flexibility index (Phi) is 3.44. The second-order valence-electron chi connectivity index (χ2n) is 5.72. The molecular weight excluding hydrogens is 238 g/mol. The van der Waals surface area contributed by atoms with Crippen molar-refractivity contribution >= 4 is 17.6 Å². The average molecular weight is 261 g/mol. The molecule has 5 heteroatoms. The number of nitrogens with zero attached hydrogens (tertiary/aromatic N) is 3. The molecule has 0 aliphatic heterocycles. The van der Waals surface area contributed by atoms with E-state index < -0.39 is 0 Å². The molecule has 0 spiro atoms. The van der Waals surface area contributed by atoms with Crippen LogP contribution in [0.5, 0.6) is 0 Å². The molecule has 104 valence electrons. The first-order valence-corrected chi connectivity index (χ1v) is 7.41. The van der Waals surface area contributed by atoms with Crippen LogP contribution >= 0.6 is 0 Å². The quantitative estimate of drug-likeness (QED) is 0.788. The van der Waals surface area contributed by atoms with Crippen LogP contribution < -0.4 is 16.0 Å². The van der Waals surface area contributed by atoms with Gasteiger partial charge in [0.25, 0.3) is 0 Å². The van der Waals surface area contributed by atoms with E-state index in [1.807, 2.05) is 6.07 Å². The average Bonchev–Trinajstić information content (AvgIpc) is 3.26. The van der Waals surface area contributed by atoms with Gasteiger partial charge in [0, 0.05) is 25.2 Å². The molecule has 0 bridgehead atoms. The van der Waals surface area contributed by atoms with E-state index in [4.69, 9.17) is 5.73 Å². The van der Waals surface area contributed by atoms with Crippen LogP contribution in [-0.4, -0.2) is 29.1 Å². The molecule has 0 aromatic carbocycles. The topological polar surface area (TPSA) is 67.1 Å². The van der Waals surface area contributed by atoms with Gasteiger partial charge < -0.3 is 16.0 Å². The lowest BCUT2D eigenvalue weighted by atomic mass is 10.3. The SMILES string of the molecule is CCCNc1cc(N(CC2CC2)C2CC2)nc(N)n1. The third kappa shape index (κ3) is 3.28. The van der Waals surface area contributed by atoms with Crippen LogP contribution in [0.15, 0.2) is 6.07 Å². The van der Waals surface area contributed by atoms with E-state index in [-0.39, 0.29) is 0 Å². The highest BCUT2D eigenvalue weighted by molar-refractivity contribution is 5.54. The summed E-state index contributed by atoms with van der Waals surface area (Å²) in [4.78, 5) is 11.1. The Hall–Kier alpha value is -1.52. The molecule has 0 amide bonds. The van der Waals surface area contributed by atoms with E-state index in [1.165, 1.54) is 25.7 Å². The summed E-state index contributed by atoms with van der Waals surface area (Å²) in [6.07, 6.45) is 6.38. The number of anilines is 3. The fourth-order valence-electron chi connectivity index (χ4n) is 2.34. The minimum Gasteiger partial charge on any atom is -0.370 e. The molecule has 2 fully saturated rings. The number of nitrogen functional groups attached to an aromatic ring is 1. The molecule has 1 aromatic heterocycles. The number of hydrogen-bond acceptors (Lipinski definition) is 5. The molecular formula is C14H23N5. The lowest BCUT2D eigenvalue weighted by Gasteiger charge is -2.24. The van der Waals surface area contributed by atoms with Gasteiger partial charge in [-0.3, -0.25) is 0 Å². The summed E-state index contributed by atoms with van der Waals surface area (Å²) >= 11 is 0. The Balaban J connectivity index is 1.77. The zero-order valence-electron chi connectivity index (χ0n) is 11.6. The third-order valence-electron chi connectivity index (χ3n) is 3.72. The molecule has 5 nitrogen and oxygen atoms in total. The summed E-state index contributed by atoms with van der Waals surface area (Å²) in [6.45, 7) is 4.19. The van der Waals surface area contributed by atoms with Gasteiger partial charge >= 0.3 is 0 Å². The Morgan fingerprint density at radius 2 is 2.11 bits per heavy atom. The Bertz CT molecular complexity index is 439. The van der Waals surface area contributed by atoms with Crippen molar-refractivity contribution in [2.75, 3.05) is 29.0 Å². The molecule has 0 radical (unpaired) electrons. The molecule has 2 aliphatic carbocycles. The molecule has 3 N–H and O–H groups in total.